The summed E-state index contributed by atoms with van der Waals surface area (Å²) in [5.41, 5.74) is 18.8. The van der Waals surface area contributed by atoms with E-state index in [0.29, 0.717) is 0 Å². The Hall–Kier alpha value is -6.70. The van der Waals surface area contributed by atoms with Crippen molar-refractivity contribution >= 4 is 22.0 Å². The average Bonchev–Trinajstić information content (AvgIpc) is 3.48. The van der Waals surface area contributed by atoms with E-state index in [0.717, 1.165) is 5.70 Å². The molecule has 1 heteroatoms. The second-order valence-corrected chi connectivity index (χ2v) is 15.4. The third-order valence-electron chi connectivity index (χ3n) is 11.7. The van der Waals surface area contributed by atoms with E-state index < -0.39 is 0 Å². The highest BCUT2D eigenvalue weighted by Crippen LogP contribution is 2.55. The van der Waals surface area contributed by atoms with Crippen LogP contribution in [0, 0.1) is 0 Å². The SMILES string of the molecule is CC1(C)c2cc(-c3cccc(-c4cccc(C5=CC(c6ccccc6)NC(c6ccccc6)=C5)c4)c3)ccc2-c2c1cc1ccccc1c2-c1ccccc1. The summed E-state index contributed by atoms with van der Waals surface area (Å²) in [6, 6.07) is 68.8. The summed E-state index contributed by atoms with van der Waals surface area (Å²) in [5, 5.41) is 6.39. The van der Waals surface area contributed by atoms with Crippen LogP contribution in [0.3, 0.4) is 0 Å². The molecule has 1 aliphatic heterocycles. The van der Waals surface area contributed by atoms with Crippen LogP contribution >= 0.6 is 0 Å². The van der Waals surface area contributed by atoms with Gasteiger partial charge in [0.2, 0.25) is 0 Å². The Bertz CT molecular complexity index is 2790. The number of dihydropyridines is 1. The Labute approximate surface area is 324 Å². The van der Waals surface area contributed by atoms with Crippen LogP contribution in [0.1, 0.15) is 47.7 Å². The highest BCUT2D eigenvalue weighted by atomic mass is 14.9. The summed E-state index contributed by atoms with van der Waals surface area (Å²) in [5.74, 6) is 0. The first-order valence-electron chi connectivity index (χ1n) is 19.3. The van der Waals surface area contributed by atoms with E-state index in [2.05, 4.69) is 219 Å². The van der Waals surface area contributed by atoms with Crippen molar-refractivity contribution in [1.29, 1.82) is 0 Å². The van der Waals surface area contributed by atoms with Crippen molar-refractivity contribution in [2.45, 2.75) is 25.3 Å². The lowest BCUT2D eigenvalue weighted by atomic mass is 9.80. The number of rotatable bonds is 6. The van der Waals surface area contributed by atoms with Crippen molar-refractivity contribution in [3.8, 4) is 44.5 Å². The maximum absolute atomic E-state index is 3.79. The molecule has 1 atom stereocenters. The predicted molar refractivity (Wildman–Crippen MR) is 233 cm³/mol. The van der Waals surface area contributed by atoms with Crippen LogP contribution in [0.25, 0.3) is 66.6 Å². The molecule has 0 radical (unpaired) electrons. The van der Waals surface area contributed by atoms with Gasteiger partial charge in [-0.1, -0.05) is 178 Å². The first-order chi connectivity index (χ1) is 27.0. The van der Waals surface area contributed by atoms with Gasteiger partial charge in [-0.2, -0.15) is 0 Å². The highest BCUT2D eigenvalue weighted by molar-refractivity contribution is 6.08. The molecule has 2 aliphatic rings. The highest BCUT2D eigenvalue weighted by Gasteiger charge is 2.38. The quantitative estimate of drug-likeness (QED) is 0.182. The molecule has 0 saturated carbocycles. The lowest BCUT2D eigenvalue weighted by molar-refractivity contribution is 0.661. The predicted octanol–water partition coefficient (Wildman–Crippen LogP) is 13.9. The normalized spacial score (nSPS) is 15.4. The third kappa shape index (κ3) is 5.81. The van der Waals surface area contributed by atoms with E-state index in [1.807, 2.05) is 0 Å². The van der Waals surface area contributed by atoms with Gasteiger partial charge in [0.05, 0.1) is 6.04 Å². The maximum Gasteiger partial charge on any atom is 0.0707 e. The molecular formula is C54H41N. The molecule has 10 rings (SSSR count). The van der Waals surface area contributed by atoms with Gasteiger partial charge < -0.3 is 5.32 Å². The zero-order chi connectivity index (χ0) is 36.9. The molecule has 1 unspecified atom stereocenters. The molecule has 0 aromatic heterocycles. The van der Waals surface area contributed by atoms with Crippen LogP contribution in [-0.2, 0) is 5.41 Å². The fourth-order valence-electron chi connectivity index (χ4n) is 8.82. The number of nitrogens with one attached hydrogen (secondary N) is 1. The zero-order valence-electron chi connectivity index (χ0n) is 31.1. The summed E-state index contributed by atoms with van der Waals surface area (Å²) < 4.78 is 0. The van der Waals surface area contributed by atoms with Gasteiger partial charge in [-0.15, -0.1) is 0 Å². The fourth-order valence-corrected chi connectivity index (χ4v) is 8.82. The lowest BCUT2D eigenvalue weighted by Crippen LogP contribution is -2.21. The molecule has 1 nitrogen and oxygen atoms in total. The lowest BCUT2D eigenvalue weighted by Gasteiger charge is -2.26. The van der Waals surface area contributed by atoms with E-state index >= 15 is 0 Å². The molecule has 0 fully saturated rings. The number of benzene rings is 8. The van der Waals surface area contributed by atoms with Crippen molar-refractivity contribution in [3.63, 3.8) is 0 Å². The molecule has 1 heterocycles. The van der Waals surface area contributed by atoms with Crippen molar-refractivity contribution in [1.82, 2.24) is 5.32 Å². The van der Waals surface area contributed by atoms with E-state index in [1.54, 1.807) is 0 Å². The second-order valence-electron chi connectivity index (χ2n) is 15.4. The Morgan fingerprint density at radius 1 is 0.436 bits per heavy atom. The molecule has 262 valence electrons. The molecule has 55 heavy (non-hydrogen) atoms. The van der Waals surface area contributed by atoms with Crippen LogP contribution in [0.4, 0.5) is 0 Å². The number of allylic oxidation sites excluding steroid dienone is 2. The molecule has 0 spiro atoms. The molecule has 0 bridgehead atoms. The third-order valence-corrected chi connectivity index (χ3v) is 11.7. The topological polar surface area (TPSA) is 12.0 Å². The minimum atomic E-state index is -0.146. The summed E-state index contributed by atoms with van der Waals surface area (Å²) in [6.45, 7) is 4.78. The van der Waals surface area contributed by atoms with Crippen LogP contribution in [0.15, 0.2) is 200 Å². The van der Waals surface area contributed by atoms with Gasteiger partial charge in [0, 0.05) is 11.1 Å². The van der Waals surface area contributed by atoms with Crippen molar-refractivity contribution in [2.24, 2.45) is 0 Å². The summed E-state index contributed by atoms with van der Waals surface area (Å²) in [4.78, 5) is 0. The standard InChI is InChI=1S/C54H41N/c1-54(2)48-32-43(28-29-47(48)53-49(54)33-44-22-12-13-27-46(44)52(53)38-20-10-5-11-21-38)41-25-14-23-39(30-41)40-24-15-26-42(31-40)45-34-50(36-16-6-3-7-17-36)55-51(35-45)37-18-8-4-9-19-37/h3-35,50,55H,1-2H3. The van der Waals surface area contributed by atoms with E-state index in [1.165, 1.54) is 88.7 Å². The number of fused-ring (bicyclic) bond motifs is 4. The van der Waals surface area contributed by atoms with Crippen LogP contribution in [0.5, 0.6) is 0 Å². The smallest absolute Gasteiger partial charge is 0.0707 e. The van der Waals surface area contributed by atoms with Gasteiger partial charge in [-0.25, -0.2) is 0 Å². The average molecular weight is 704 g/mol. The van der Waals surface area contributed by atoms with E-state index in [4.69, 9.17) is 0 Å². The van der Waals surface area contributed by atoms with E-state index in [-0.39, 0.29) is 11.5 Å². The molecular weight excluding hydrogens is 663 g/mol. The van der Waals surface area contributed by atoms with Gasteiger partial charge in [-0.05, 0) is 125 Å². The molecule has 0 saturated heterocycles. The van der Waals surface area contributed by atoms with Crippen LogP contribution in [-0.4, -0.2) is 0 Å². The van der Waals surface area contributed by atoms with Crippen molar-refractivity contribution < 1.29 is 0 Å². The molecule has 8 aromatic carbocycles. The Morgan fingerprint density at radius 3 is 1.71 bits per heavy atom. The number of hydrogen-bond acceptors (Lipinski definition) is 1. The molecule has 1 aliphatic carbocycles. The Balaban J connectivity index is 1.03. The monoisotopic (exact) mass is 703 g/mol. The van der Waals surface area contributed by atoms with Crippen LogP contribution < -0.4 is 5.32 Å². The first kappa shape index (κ1) is 32.9. The van der Waals surface area contributed by atoms with Crippen molar-refractivity contribution in [2.75, 3.05) is 0 Å². The van der Waals surface area contributed by atoms with Gasteiger partial charge in [-0.3, -0.25) is 0 Å². The number of hydrogen-bond donors (Lipinski definition) is 1. The fraction of sp³-hybridized carbons (Fsp3) is 0.0741. The van der Waals surface area contributed by atoms with Gasteiger partial charge in [0.1, 0.15) is 0 Å². The van der Waals surface area contributed by atoms with Crippen molar-refractivity contribution in [3.05, 3.63) is 228 Å². The van der Waals surface area contributed by atoms with E-state index in [9.17, 15) is 0 Å². The molecule has 1 N–H and O–H groups in total. The largest absolute Gasteiger partial charge is 0.374 e. The minimum Gasteiger partial charge on any atom is -0.374 e. The summed E-state index contributed by atoms with van der Waals surface area (Å²) in [6.07, 6.45) is 4.65. The van der Waals surface area contributed by atoms with Gasteiger partial charge in [0.25, 0.3) is 0 Å². The second kappa shape index (κ2) is 13.3. The van der Waals surface area contributed by atoms with Gasteiger partial charge in [0.15, 0.2) is 0 Å². The zero-order valence-corrected chi connectivity index (χ0v) is 31.1. The minimum absolute atomic E-state index is 0.0701. The molecule has 8 aromatic rings. The Kier molecular flexibility index (Phi) is 7.96. The first-order valence-corrected chi connectivity index (χ1v) is 19.3. The Morgan fingerprint density at radius 2 is 1.00 bits per heavy atom. The summed E-state index contributed by atoms with van der Waals surface area (Å²) in [7, 11) is 0. The summed E-state index contributed by atoms with van der Waals surface area (Å²) >= 11 is 0. The molecule has 0 amide bonds. The maximum atomic E-state index is 3.79. The van der Waals surface area contributed by atoms with Crippen LogP contribution in [0.2, 0.25) is 0 Å². The van der Waals surface area contributed by atoms with Gasteiger partial charge >= 0.3 is 0 Å².